The number of carbonyl (C=O) groups is 2. The molecule has 1 N–H and O–H groups in total. The highest BCUT2D eigenvalue weighted by atomic mass is 32.2. The van der Waals surface area contributed by atoms with Gasteiger partial charge >= 0.3 is 0 Å². The van der Waals surface area contributed by atoms with Gasteiger partial charge in [0.2, 0.25) is 5.91 Å². The smallest absolute Gasteiger partial charge is 0.255 e. The minimum atomic E-state index is -0.134. The second kappa shape index (κ2) is 9.02. The average molecular weight is 435 g/mol. The molecular weight excluding hydrogens is 408 g/mol. The highest BCUT2D eigenvalue weighted by Gasteiger charge is 2.33. The van der Waals surface area contributed by atoms with E-state index in [2.05, 4.69) is 25.2 Å². The Morgan fingerprint density at radius 2 is 1.94 bits per heavy atom. The molecule has 1 aliphatic heterocycles. The summed E-state index contributed by atoms with van der Waals surface area (Å²) in [5.74, 6) is 1.48. The average Bonchev–Trinajstić information content (AvgIpc) is 3.40. The minimum absolute atomic E-state index is 0.0846. The van der Waals surface area contributed by atoms with Crippen LogP contribution in [0.3, 0.4) is 0 Å². The van der Waals surface area contributed by atoms with Gasteiger partial charge in [0.25, 0.3) is 5.91 Å². The summed E-state index contributed by atoms with van der Waals surface area (Å²) < 4.78 is 5.42. The first-order valence-electron chi connectivity index (χ1n) is 10.4. The zero-order valence-electron chi connectivity index (χ0n) is 17.9. The number of amides is 2. The number of carbonyl (C=O) groups excluding carboxylic acids is 2. The summed E-state index contributed by atoms with van der Waals surface area (Å²) in [6, 6.07) is 17.3. The quantitative estimate of drug-likeness (QED) is 0.537. The molecule has 2 aromatic carbocycles. The third kappa shape index (κ3) is 4.54. The molecule has 0 unspecified atom stereocenters. The lowest BCUT2D eigenvalue weighted by Crippen LogP contribution is -2.27. The van der Waals surface area contributed by atoms with Gasteiger partial charge in [0.05, 0.1) is 18.6 Å². The number of para-hydroxylation sites is 1. The summed E-state index contributed by atoms with van der Waals surface area (Å²) >= 11 is 1.59. The standard InChI is InChI=1S/C25H26N2O3S/c1-16(2)21-8-4-6-17(3)23(21)26-24(29)18-9-11-19(12-10-18)25-27(22(28)15-31-25)14-20-7-5-13-30-20/h4-13,16,25H,14-15H2,1-3H3,(H,26,29)/t25-/m0/s1. The molecule has 1 aromatic heterocycles. The summed E-state index contributed by atoms with van der Waals surface area (Å²) in [4.78, 5) is 27.1. The zero-order chi connectivity index (χ0) is 22.0. The molecule has 1 aliphatic rings. The summed E-state index contributed by atoms with van der Waals surface area (Å²) in [6.07, 6.45) is 1.62. The summed E-state index contributed by atoms with van der Waals surface area (Å²) in [5.41, 5.74) is 4.64. The summed E-state index contributed by atoms with van der Waals surface area (Å²) in [7, 11) is 0. The molecule has 31 heavy (non-hydrogen) atoms. The van der Waals surface area contributed by atoms with E-state index in [1.807, 2.05) is 60.4 Å². The van der Waals surface area contributed by atoms with Crippen LogP contribution >= 0.6 is 11.8 Å². The van der Waals surface area contributed by atoms with Gasteiger partial charge in [-0.05, 0) is 53.8 Å². The van der Waals surface area contributed by atoms with E-state index < -0.39 is 0 Å². The topological polar surface area (TPSA) is 62.6 Å². The van der Waals surface area contributed by atoms with Crippen LogP contribution in [0.15, 0.2) is 65.3 Å². The van der Waals surface area contributed by atoms with Crippen molar-refractivity contribution in [3.8, 4) is 0 Å². The second-order valence-corrected chi connectivity index (χ2v) is 9.10. The third-order valence-electron chi connectivity index (χ3n) is 5.50. The number of nitrogens with one attached hydrogen (secondary N) is 1. The van der Waals surface area contributed by atoms with Crippen molar-refractivity contribution in [3.63, 3.8) is 0 Å². The highest BCUT2D eigenvalue weighted by molar-refractivity contribution is 8.00. The van der Waals surface area contributed by atoms with Crippen LogP contribution in [-0.2, 0) is 11.3 Å². The van der Waals surface area contributed by atoms with Crippen molar-refractivity contribution in [2.24, 2.45) is 0 Å². The van der Waals surface area contributed by atoms with Crippen LogP contribution < -0.4 is 5.32 Å². The first kappa shape index (κ1) is 21.2. The van der Waals surface area contributed by atoms with Crippen LogP contribution in [-0.4, -0.2) is 22.5 Å². The zero-order valence-corrected chi connectivity index (χ0v) is 18.7. The molecule has 4 rings (SSSR count). The Bertz CT molecular complexity index is 1070. The molecule has 0 bridgehead atoms. The van der Waals surface area contributed by atoms with E-state index in [0.29, 0.717) is 23.8 Å². The Morgan fingerprint density at radius 1 is 1.16 bits per heavy atom. The van der Waals surface area contributed by atoms with E-state index in [9.17, 15) is 9.59 Å². The van der Waals surface area contributed by atoms with Gasteiger partial charge in [-0.1, -0.05) is 44.2 Å². The van der Waals surface area contributed by atoms with Gasteiger partial charge in [-0.3, -0.25) is 9.59 Å². The van der Waals surface area contributed by atoms with Crippen molar-refractivity contribution < 1.29 is 14.0 Å². The fraction of sp³-hybridized carbons (Fsp3) is 0.280. The van der Waals surface area contributed by atoms with E-state index in [-0.39, 0.29) is 17.2 Å². The van der Waals surface area contributed by atoms with E-state index >= 15 is 0 Å². The van der Waals surface area contributed by atoms with Gasteiger partial charge < -0.3 is 14.6 Å². The number of nitrogens with zero attached hydrogens (tertiary/aromatic N) is 1. The van der Waals surface area contributed by atoms with Gasteiger partial charge in [0, 0.05) is 11.3 Å². The molecule has 0 saturated carbocycles. The fourth-order valence-corrected chi connectivity index (χ4v) is 4.99. The maximum absolute atomic E-state index is 12.9. The van der Waals surface area contributed by atoms with Crippen LogP contribution in [0, 0.1) is 6.92 Å². The Hall–Kier alpha value is -2.99. The number of benzene rings is 2. The number of furan rings is 1. The molecule has 1 saturated heterocycles. The molecule has 2 amide bonds. The van der Waals surface area contributed by atoms with Gasteiger partial charge in [-0.15, -0.1) is 11.8 Å². The SMILES string of the molecule is Cc1cccc(C(C)C)c1NC(=O)c1ccc([C@@H]2SCC(=O)N2Cc2ccco2)cc1. The van der Waals surface area contributed by atoms with E-state index in [4.69, 9.17) is 4.42 Å². The van der Waals surface area contributed by atoms with E-state index in [0.717, 1.165) is 28.1 Å². The van der Waals surface area contributed by atoms with Crippen LogP contribution in [0.25, 0.3) is 0 Å². The lowest BCUT2D eigenvalue weighted by molar-refractivity contribution is -0.128. The molecule has 5 nitrogen and oxygen atoms in total. The minimum Gasteiger partial charge on any atom is -0.467 e. The molecule has 3 aromatic rings. The molecule has 1 atom stereocenters. The van der Waals surface area contributed by atoms with Crippen molar-refractivity contribution >= 4 is 29.3 Å². The lowest BCUT2D eigenvalue weighted by atomic mass is 9.98. The first-order chi connectivity index (χ1) is 14.9. The Morgan fingerprint density at radius 3 is 2.61 bits per heavy atom. The number of thioether (sulfide) groups is 1. The second-order valence-electron chi connectivity index (χ2n) is 8.03. The number of hydrogen-bond acceptors (Lipinski definition) is 4. The van der Waals surface area contributed by atoms with E-state index in [1.54, 1.807) is 18.0 Å². The number of rotatable bonds is 6. The van der Waals surface area contributed by atoms with Gasteiger partial charge in [0.15, 0.2) is 0 Å². The normalized spacial score (nSPS) is 16.2. The summed E-state index contributed by atoms with van der Waals surface area (Å²) in [6.45, 7) is 6.69. The first-order valence-corrected chi connectivity index (χ1v) is 11.4. The van der Waals surface area contributed by atoms with Crippen molar-refractivity contribution in [1.29, 1.82) is 0 Å². The Balaban J connectivity index is 1.51. The molecule has 2 heterocycles. The molecule has 0 aliphatic carbocycles. The van der Waals surface area contributed by atoms with Gasteiger partial charge in [-0.25, -0.2) is 0 Å². The fourth-order valence-electron chi connectivity index (χ4n) is 3.80. The van der Waals surface area contributed by atoms with E-state index in [1.165, 1.54) is 0 Å². The molecule has 160 valence electrons. The van der Waals surface area contributed by atoms with Crippen molar-refractivity contribution in [3.05, 3.63) is 88.9 Å². The lowest BCUT2D eigenvalue weighted by Gasteiger charge is -2.23. The van der Waals surface area contributed by atoms with Crippen molar-refractivity contribution in [2.75, 3.05) is 11.1 Å². The van der Waals surface area contributed by atoms with Crippen LogP contribution in [0.1, 0.15) is 57.9 Å². The summed E-state index contributed by atoms with van der Waals surface area (Å²) in [5, 5.41) is 3.01. The van der Waals surface area contributed by atoms with Crippen LogP contribution in [0.5, 0.6) is 0 Å². The molecule has 0 radical (unpaired) electrons. The molecular formula is C25H26N2O3S. The molecule has 6 heteroatoms. The maximum atomic E-state index is 12.9. The third-order valence-corrected chi connectivity index (χ3v) is 6.75. The highest BCUT2D eigenvalue weighted by Crippen LogP contribution is 2.39. The van der Waals surface area contributed by atoms with Gasteiger partial charge in [0.1, 0.15) is 11.1 Å². The van der Waals surface area contributed by atoms with Crippen molar-refractivity contribution in [1.82, 2.24) is 4.90 Å². The van der Waals surface area contributed by atoms with Gasteiger partial charge in [-0.2, -0.15) is 0 Å². The van der Waals surface area contributed by atoms with Crippen molar-refractivity contribution in [2.45, 2.75) is 38.6 Å². The predicted octanol–water partition coefficient (Wildman–Crippen LogP) is 5.74. The maximum Gasteiger partial charge on any atom is 0.255 e. The largest absolute Gasteiger partial charge is 0.467 e. The van der Waals surface area contributed by atoms with Crippen LogP contribution in [0.2, 0.25) is 0 Å². The number of hydrogen-bond donors (Lipinski definition) is 1. The molecule has 1 fully saturated rings. The Kier molecular flexibility index (Phi) is 6.18. The predicted molar refractivity (Wildman–Crippen MR) is 124 cm³/mol. The Labute approximate surface area is 186 Å². The monoisotopic (exact) mass is 434 g/mol. The number of aryl methyl sites for hydroxylation is 1. The van der Waals surface area contributed by atoms with Crippen LogP contribution in [0.4, 0.5) is 5.69 Å². The number of anilines is 1. The molecule has 0 spiro atoms.